The summed E-state index contributed by atoms with van der Waals surface area (Å²) in [7, 11) is 0. The standard InChI is InChI=1S/C17H24F2N2/c18-17(19,14-6-2-1-3-7-14)13-21(16-9-10-16)12-15-8-4-5-11-20-15/h1-3,6-7,15-16,20H,4-5,8-13H2. The van der Waals surface area contributed by atoms with Gasteiger partial charge in [0.1, 0.15) is 0 Å². The Morgan fingerprint density at radius 1 is 1.10 bits per heavy atom. The monoisotopic (exact) mass is 294 g/mol. The average Bonchev–Trinajstić information content (AvgIpc) is 3.33. The highest BCUT2D eigenvalue weighted by atomic mass is 19.3. The maximum absolute atomic E-state index is 14.5. The summed E-state index contributed by atoms with van der Waals surface area (Å²) in [6.07, 6.45) is 5.67. The Bertz CT molecular complexity index is 439. The first-order valence-electron chi connectivity index (χ1n) is 8.06. The van der Waals surface area contributed by atoms with Crippen molar-refractivity contribution in [2.45, 2.75) is 50.1 Å². The van der Waals surface area contributed by atoms with Crippen LogP contribution in [0.4, 0.5) is 8.78 Å². The van der Waals surface area contributed by atoms with Gasteiger partial charge in [-0.05, 0) is 32.2 Å². The summed E-state index contributed by atoms with van der Waals surface area (Å²) in [6.45, 7) is 1.63. The second kappa shape index (κ2) is 6.41. The predicted octanol–water partition coefficient (Wildman–Crippen LogP) is 3.38. The molecule has 0 bridgehead atoms. The van der Waals surface area contributed by atoms with Crippen molar-refractivity contribution in [2.75, 3.05) is 19.6 Å². The van der Waals surface area contributed by atoms with Crippen LogP contribution in [-0.2, 0) is 5.92 Å². The molecule has 1 saturated heterocycles. The molecule has 1 N–H and O–H groups in total. The van der Waals surface area contributed by atoms with E-state index in [9.17, 15) is 8.78 Å². The van der Waals surface area contributed by atoms with Crippen molar-refractivity contribution >= 4 is 0 Å². The van der Waals surface area contributed by atoms with Crippen LogP contribution in [0.15, 0.2) is 30.3 Å². The summed E-state index contributed by atoms with van der Waals surface area (Å²) in [5.41, 5.74) is 0.132. The van der Waals surface area contributed by atoms with Crippen molar-refractivity contribution in [3.8, 4) is 0 Å². The molecule has 0 radical (unpaired) electrons. The van der Waals surface area contributed by atoms with Gasteiger partial charge in [0.05, 0.1) is 6.54 Å². The van der Waals surface area contributed by atoms with Crippen molar-refractivity contribution in [1.82, 2.24) is 10.2 Å². The zero-order valence-corrected chi connectivity index (χ0v) is 12.4. The SMILES string of the molecule is FC(F)(CN(CC1CCCCN1)C1CC1)c1ccccc1. The molecule has 1 aromatic carbocycles. The van der Waals surface area contributed by atoms with Crippen LogP contribution in [0.5, 0.6) is 0 Å². The van der Waals surface area contributed by atoms with Gasteiger partial charge in [-0.25, -0.2) is 0 Å². The van der Waals surface area contributed by atoms with E-state index < -0.39 is 5.92 Å². The van der Waals surface area contributed by atoms with Gasteiger partial charge in [0.2, 0.25) is 0 Å². The molecule has 0 aromatic heterocycles. The highest BCUT2D eigenvalue weighted by Crippen LogP contribution is 2.34. The highest BCUT2D eigenvalue weighted by Gasteiger charge is 2.40. The minimum Gasteiger partial charge on any atom is -0.313 e. The van der Waals surface area contributed by atoms with Gasteiger partial charge in [-0.3, -0.25) is 4.90 Å². The molecule has 0 amide bonds. The van der Waals surface area contributed by atoms with Gasteiger partial charge in [-0.1, -0.05) is 36.8 Å². The fourth-order valence-corrected chi connectivity index (χ4v) is 3.17. The van der Waals surface area contributed by atoms with E-state index in [1.54, 1.807) is 18.2 Å². The number of benzene rings is 1. The van der Waals surface area contributed by atoms with Crippen LogP contribution in [-0.4, -0.2) is 36.6 Å². The Balaban J connectivity index is 1.64. The molecule has 116 valence electrons. The average molecular weight is 294 g/mol. The lowest BCUT2D eigenvalue weighted by Gasteiger charge is -2.33. The molecular weight excluding hydrogens is 270 g/mol. The number of halogens is 2. The normalized spacial score (nSPS) is 23.5. The maximum Gasteiger partial charge on any atom is 0.285 e. The molecular formula is C17H24F2N2. The first-order valence-corrected chi connectivity index (χ1v) is 8.06. The largest absolute Gasteiger partial charge is 0.313 e. The van der Waals surface area contributed by atoms with Crippen LogP contribution >= 0.6 is 0 Å². The Morgan fingerprint density at radius 3 is 2.48 bits per heavy atom. The summed E-state index contributed by atoms with van der Waals surface area (Å²) in [5.74, 6) is -2.77. The summed E-state index contributed by atoms with van der Waals surface area (Å²) < 4.78 is 29.0. The second-order valence-electron chi connectivity index (χ2n) is 6.38. The van der Waals surface area contributed by atoms with E-state index in [1.807, 2.05) is 4.90 Å². The van der Waals surface area contributed by atoms with Gasteiger partial charge < -0.3 is 5.32 Å². The minimum absolute atomic E-state index is 0.132. The van der Waals surface area contributed by atoms with Gasteiger partial charge in [-0.15, -0.1) is 0 Å². The van der Waals surface area contributed by atoms with Gasteiger partial charge in [0.25, 0.3) is 5.92 Å². The molecule has 2 nitrogen and oxygen atoms in total. The Labute approximate surface area is 125 Å². The van der Waals surface area contributed by atoms with Gasteiger partial charge >= 0.3 is 0 Å². The number of rotatable bonds is 6. The minimum atomic E-state index is -2.77. The first kappa shape index (κ1) is 14.9. The Morgan fingerprint density at radius 2 is 1.86 bits per heavy atom. The molecule has 2 fully saturated rings. The van der Waals surface area contributed by atoms with E-state index in [2.05, 4.69) is 5.32 Å². The Hall–Kier alpha value is -1.00. The second-order valence-corrected chi connectivity index (χ2v) is 6.38. The van der Waals surface area contributed by atoms with E-state index in [0.717, 1.165) is 32.4 Å². The fraction of sp³-hybridized carbons (Fsp3) is 0.647. The summed E-state index contributed by atoms with van der Waals surface area (Å²) in [5, 5.41) is 3.47. The Kier molecular flexibility index (Phi) is 4.55. The van der Waals surface area contributed by atoms with Crippen LogP contribution in [0, 0.1) is 0 Å². The maximum atomic E-state index is 14.5. The van der Waals surface area contributed by atoms with Crippen LogP contribution in [0.1, 0.15) is 37.7 Å². The molecule has 1 unspecified atom stereocenters. The molecule has 4 heteroatoms. The summed E-state index contributed by atoms with van der Waals surface area (Å²) >= 11 is 0. The van der Waals surface area contributed by atoms with Gasteiger partial charge in [0, 0.05) is 24.2 Å². The fourth-order valence-electron chi connectivity index (χ4n) is 3.17. The van der Waals surface area contributed by atoms with Crippen molar-refractivity contribution in [2.24, 2.45) is 0 Å². The van der Waals surface area contributed by atoms with E-state index in [0.29, 0.717) is 12.1 Å². The zero-order chi connectivity index (χ0) is 14.7. The molecule has 2 aliphatic rings. The molecule has 1 aliphatic carbocycles. The first-order chi connectivity index (χ1) is 10.1. The predicted molar refractivity (Wildman–Crippen MR) is 80.6 cm³/mol. The molecule has 1 saturated carbocycles. The molecule has 21 heavy (non-hydrogen) atoms. The molecule has 1 aromatic rings. The molecule has 1 atom stereocenters. The van der Waals surface area contributed by atoms with E-state index in [1.165, 1.54) is 25.0 Å². The molecule has 0 spiro atoms. The number of alkyl halides is 2. The summed E-state index contributed by atoms with van der Waals surface area (Å²) in [6, 6.07) is 8.97. The third-order valence-corrected chi connectivity index (χ3v) is 4.53. The molecule has 3 rings (SSSR count). The van der Waals surface area contributed by atoms with E-state index >= 15 is 0 Å². The third kappa shape index (κ3) is 4.01. The quantitative estimate of drug-likeness (QED) is 0.865. The van der Waals surface area contributed by atoms with Crippen LogP contribution < -0.4 is 5.32 Å². The smallest absolute Gasteiger partial charge is 0.285 e. The van der Waals surface area contributed by atoms with Gasteiger partial charge in [-0.2, -0.15) is 8.78 Å². The van der Waals surface area contributed by atoms with Gasteiger partial charge in [0.15, 0.2) is 0 Å². The lowest BCUT2D eigenvalue weighted by molar-refractivity contribution is -0.0423. The topological polar surface area (TPSA) is 15.3 Å². The number of nitrogens with one attached hydrogen (secondary N) is 1. The summed E-state index contributed by atoms with van der Waals surface area (Å²) in [4.78, 5) is 2.01. The molecule has 1 heterocycles. The van der Waals surface area contributed by atoms with E-state index in [-0.39, 0.29) is 12.1 Å². The molecule has 1 aliphatic heterocycles. The van der Waals surface area contributed by atoms with Crippen molar-refractivity contribution in [1.29, 1.82) is 0 Å². The van der Waals surface area contributed by atoms with Crippen molar-refractivity contribution in [3.63, 3.8) is 0 Å². The van der Waals surface area contributed by atoms with Crippen molar-refractivity contribution in [3.05, 3.63) is 35.9 Å². The lowest BCUT2D eigenvalue weighted by Crippen LogP contribution is -2.47. The lowest BCUT2D eigenvalue weighted by atomic mass is 10.0. The highest BCUT2D eigenvalue weighted by molar-refractivity contribution is 5.20. The number of piperidine rings is 1. The third-order valence-electron chi connectivity index (χ3n) is 4.53. The van der Waals surface area contributed by atoms with Crippen LogP contribution in [0.25, 0.3) is 0 Å². The number of hydrogen-bond donors (Lipinski definition) is 1. The van der Waals surface area contributed by atoms with Crippen LogP contribution in [0.3, 0.4) is 0 Å². The number of nitrogens with zero attached hydrogens (tertiary/aromatic N) is 1. The number of hydrogen-bond acceptors (Lipinski definition) is 2. The van der Waals surface area contributed by atoms with Crippen molar-refractivity contribution < 1.29 is 8.78 Å². The van der Waals surface area contributed by atoms with Crippen LogP contribution in [0.2, 0.25) is 0 Å². The van der Waals surface area contributed by atoms with E-state index in [4.69, 9.17) is 0 Å². The zero-order valence-electron chi connectivity index (χ0n) is 12.4.